The molecule has 90 valence electrons. The van der Waals surface area contributed by atoms with Gasteiger partial charge in [-0.25, -0.2) is 0 Å². The molecule has 0 aliphatic heterocycles. The second-order valence-electron chi connectivity index (χ2n) is 2.97. The molecule has 0 aliphatic carbocycles. The van der Waals surface area contributed by atoms with E-state index in [1.165, 1.54) is 12.3 Å². The van der Waals surface area contributed by atoms with E-state index in [4.69, 9.17) is 0 Å². The summed E-state index contributed by atoms with van der Waals surface area (Å²) < 4.78 is 60.5. The number of hydrogen-bond acceptors (Lipinski definition) is 4. The fraction of sp³-hybridized carbons (Fsp3) is 0.375. The Balaban J connectivity index is 2.69. The molecule has 0 saturated carbocycles. The molecule has 1 aromatic heterocycles. The van der Waals surface area contributed by atoms with Crippen molar-refractivity contribution in [3.05, 3.63) is 29.6 Å². The Hall–Kier alpha value is -1.15. The molecule has 16 heavy (non-hydrogen) atoms. The van der Waals surface area contributed by atoms with Crippen molar-refractivity contribution in [3.63, 3.8) is 0 Å². The minimum absolute atomic E-state index is 0.249. The summed E-state index contributed by atoms with van der Waals surface area (Å²) in [5.74, 6) is 0. The Kier molecular flexibility index (Phi) is 3.54. The van der Waals surface area contributed by atoms with Crippen LogP contribution >= 0.6 is 0 Å². The average molecular weight is 255 g/mol. The lowest BCUT2D eigenvalue weighted by atomic mass is 10.3. The van der Waals surface area contributed by atoms with E-state index in [0.717, 1.165) is 0 Å². The van der Waals surface area contributed by atoms with Crippen molar-refractivity contribution >= 4 is 10.1 Å². The standard InChI is InChI=1S/C8H8F3NO3S/c1-6-2-3-7(4-12-6)5-15-16(13,14)8(9,10)11/h2-4H,5H2,1H3. The molecule has 1 heterocycles. The topological polar surface area (TPSA) is 56.3 Å². The van der Waals surface area contributed by atoms with Gasteiger partial charge in [-0.2, -0.15) is 21.6 Å². The van der Waals surface area contributed by atoms with Gasteiger partial charge in [0.25, 0.3) is 0 Å². The predicted molar refractivity (Wildman–Crippen MR) is 48.7 cm³/mol. The van der Waals surface area contributed by atoms with Crippen LogP contribution in [0.1, 0.15) is 11.3 Å². The smallest absolute Gasteiger partial charge is 0.261 e. The molecule has 0 spiro atoms. The van der Waals surface area contributed by atoms with E-state index in [1.54, 1.807) is 13.0 Å². The molecule has 0 N–H and O–H groups in total. The van der Waals surface area contributed by atoms with Crippen LogP contribution in [0.15, 0.2) is 18.3 Å². The van der Waals surface area contributed by atoms with E-state index in [1.807, 2.05) is 0 Å². The Bertz CT molecular complexity index is 452. The minimum atomic E-state index is -5.53. The van der Waals surface area contributed by atoms with Crippen LogP contribution in [0.4, 0.5) is 13.2 Å². The van der Waals surface area contributed by atoms with E-state index in [0.29, 0.717) is 5.69 Å². The molecule has 0 unspecified atom stereocenters. The van der Waals surface area contributed by atoms with Crippen molar-refractivity contribution in [2.45, 2.75) is 19.0 Å². The van der Waals surface area contributed by atoms with Crippen LogP contribution in [0.2, 0.25) is 0 Å². The van der Waals surface area contributed by atoms with Crippen molar-refractivity contribution in [1.29, 1.82) is 0 Å². The van der Waals surface area contributed by atoms with E-state index in [2.05, 4.69) is 9.17 Å². The number of aromatic nitrogens is 1. The number of aryl methyl sites for hydroxylation is 1. The summed E-state index contributed by atoms with van der Waals surface area (Å²) in [5, 5.41) is 0. The van der Waals surface area contributed by atoms with Gasteiger partial charge >= 0.3 is 15.6 Å². The van der Waals surface area contributed by atoms with E-state index < -0.39 is 22.2 Å². The Morgan fingerprint density at radius 2 is 2.00 bits per heavy atom. The highest BCUT2D eigenvalue weighted by molar-refractivity contribution is 7.87. The van der Waals surface area contributed by atoms with Crippen molar-refractivity contribution in [2.24, 2.45) is 0 Å². The lowest BCUT2D eigenvalue weighted by molar-refractivity contribution is -0.0547. The summed E-state index contributed by atoms with van der Waals surface area (Å²) in [6, 6.07) is 2.98. The first kappa shape index (κ1) is 12.9. The van der Waals surface area contributed by atoms with E-state index >= 15 is 0 Å². The zero-order valence-corrected chi connectivity index (χ0v) is 8.97. The van der Waals surface area contributed by atoms with Crippen LogP contribution in [0.3, 0.4) is 0 Å². The highest BCUT2D eigenvalue weighted by atomic mass is 32.2. The molecule has 1 rings (SSSR count). The summed E-state index contributed by atoms with van der Waals surface area (Å²) in [6.07, 6.45) is 1.25. The van der Waals surface area contributed by atoms with Crippen LogP contribution < -0.4 is 0 Å². The molecule has 4 nitrogen and oxygen atoms in total. The number of hydrogen-bond donors (Lipinski definition) is 0. The van der Waals surface area contributed by atoms with Crippen molar-refractivity contribution < 1.29 is 25.8 Å². The van der Waals surface area contributed by atoms with E-state index in [-0.39, 0.29) is 5.56 Å². The van der Waals surface area contributed by atoms with Crippen molar-refractivity contribution in [1.82, 2.24) is 4.98 Å². The predicted octanol–water partition coefficient (Wildman–Crippen LogP) is 1.76. The fourth-order valence-corrected chi connectivity index (χ4v) is 1.22. The van der Waals surface area contributed by atoms with Gasteiger partial charge in [-0.3, -0.25) is 9.17 Å². The third-order valence-electron chi connectivity index (χ3n) is 1.64. The second kappa shape index (κ2) is 4.38. The third kappa shape index (κ3) is 3.17. The summed E-state index contributed by atoms with van der Waals surface area (Å²) in [6.45, 7) is 1.01. The molecule has 0 aromatic carbocycles. The molecule has 0 bridgehead atoms. The summed E-state index contributed by atoms with van der Waals surface area (Å²) in [5.41, 5.74) is -4.48. The maximum absolute atomic E-state index is 11.9. The number of halogens is 3. The number of pyridine rings is 1. The van der Waals surface area contributed by atoms with Gasteiger partial charge in [0.15, 0.2) is 0 Å². The minimum Gasteiger partial charge on any atom is -0.261 e. The first-order chi connectivity index (χ1) is 7.22. The normalized spacial score (nSPS) is 12.8. The number of alkyl halides is 3. The first-order valence-electron chi connectivity index (χ1n) is 4.09. The van der Waals surface area contributed by atoms with Crippen LogP contribution in [-0.2, 0) is 20.9 Å². The molecule has 0 fully saturated rings. The monoisotopic (exact) mass is 255 g/mol. The highest BCUT2D eigenvalue weighted by Crippen LogP contribution is 2.25. The van der Waals surface area contributed by atoms with Gasteiger partial charge in [0.1, 0.15) is 0 Å². The SMILES string of the molecule is Cc1ccc(COS(=O)(=O)C(F)(F)F)cn1. The molecule has 0 amide bonds. The maximum Gasteiger partial charge on any atom is 0.523 e. The van der Waals surface area contributed by atoms with Crippen molar-refractivity contribution in [2.75, 3.05) is 0 Å². The van der Waals surface area contributed by atoms with Gasteiger partial charge in [0.05, 0.1) is 6.61 Å². The average Bonchev–Trinajstić information content (AvgIpc) is 2.15. The lowest BCUT2D eigenvalue weighted by Gasteiger charge is -2.07. The molecule has 0 atom stereocenters. The maximum atomic E-state index is 11.9. The fourth-order valence-electron chi connectivity index (χ4n) is 0.796. The Labute approximate surface area is 90.2 Å². The Morgan fingerprint density at radius 3 is 2.44 bits per heavy atom. The number of rotatable bonds is 3. The van der Waals surface area contributed by atoms with Gasteiger partial charge in [-0.1, -0.05) is 6.07 Å². The van der Waals surface area contributed by atoms with Crippen LogP contribution in [0, 0.1) is 6.92 Å². The largest absolute Gasteiger partial charge is 0.523 e. The van der Waals surface area contributed by atoms with Gasteiger partial charge in [0, 0.05) is 11.9 Å². The van der Waals surface area contributed by atoms with Crippen molar-refractivity contribution in [3.8, 4) is 0 Å². The molecular weight excluding hydrogens is 247 g/mol. The van der Waals surface area contributed by atoms with Gasteiger partial charge in [-0.05, 0) is 18.6 Å². The first-order valence-corrected chi connectivity index (χ1v) is 5.50. The Morgan fingerprint density at radius 1 is 1.38 bits per heavy atom. The molecule has 0 saturated heterocycles. The molecular formula is C8H8F3NO3S. The zero-order chi connectivity index (χ0) is 12.4. The molecule has 0 aliphatic rings. The van der Waals surface area contributed by atoms with Gasteiger partial charge < -0.3 is 0 Å². The highest BCUT2D eigenvalue weighted by Gasteiger charge is 2.47. The zero-order valence-electron chi connectivity index (χ0n) is 8.15. The quantitative estimate of drug-likeness (QED) is 0.610. The molecule has 0 radical (unpaired) electrons. The van der Waals surface area contributed by atoms with Gasteiger partial charge in [0.2, 0.25) is 0 Å². The van der Waals surface area contributed by atoms with Crippen LogP contribution in [0.5, 0.6) is 0 Å². The van der Waals surface area contributed by atoms with Crippen LogP contribution in [0.25, 0.3) is 0 Å². The molecule has 8 heteroatoms. The third-order valence-corrected chi connectivity index (χ3v) is 2.63. The number of nitrogens with zero attached hydrogens (tertiary/aromatic N) is 1. The van der Waals surface area contributed by atoms with E-state index in [9.17, 15) is 21.6 Å². The summed E-state index contributed by atoms with van der Waals surface area (Å²) in [4.78, 5) is 3.79. The van der Waals surface area contributed by atoms with Crippen LogP contribution in [-0.4, -0.2) is 18.9 Å². The summed E-state index contributed by atoms with van der Waals surface area (Å²) >= 11 is 0. The summed E-state index contributed by atoms with van der Waals surface area (Å²) in [7, 11) is -5.53. The molecule has 1 aromatic rings. The second-order valence-corrected chi connectivity index (χ2v) is 4.58. The van der Waals surface area contributed by atoms with Gasteiger partial charge in [-0.15, -0.1) is 0 Å². The lowest BCUT2D eigenvalue weighted by Crippen LogP contribution is -2.25.